The van der Waals surface area contributed by atoms with Crippen LogP contribution in [-0.2, 0) is 9.53 Å². The number of carbonyl (C=O) groups is 2. The van der Waals surface area contributed by atoms with E-state index in [0.29, 0.717) is 49.2 Å². The Morgan fingerprint density at radius 2 is 1.83 bits per heavy atom. The zero-order valence-electron chi connectivity index (χ0n) is 13.5. The van der Waals surface area contributed by atoms with Crippen molar-refractivity contribution in [2.24, 2.45) is 5.92 Å². The molecule has 0 bridgehead atoms. The molecule has 1 aromatic rings. The van der Waals surface area contributed by atoms with Crippen molar-refractivity contribution in [3.05, 3.63) is 34.9 Å². The Balaban J connectivity index is 2.06. The van der Waals surface area contributed by atoms with Gasteiger partial charge < -0.3 is 15.0 Å². The van der Waals surface area contributed by atoms with Gasteiger partial charge in [0.1, 0.15) is 6.04 Å². The number of hydrogen-bond acceptors (Lipinski definition) is 3. The smallest absolute Gasteiger partial charge is 0.251 e. The van der Waals surface area contributed by atoms with Gasteiger partial charge in [-0.2, -0.15) is 0 Å². The highest BCUT2D eigenvalue weighted by Crippen LogP contribution is 2.13. The number of benzene rings is 1. The molecule has 1 N–H and O–H groups in total. The predicted octanol–water partition coefficient (Wildman–Crippen LogP) is 2.34. The fourth-order valence-electron chi connectivity index (χ4n) is 2.54. The average molecular weight is 339 g/mol. The highest BCUT2D eigenvalue weighted by Gasteiger charge is 2.28. The third-order valence-electron chi connectivity index (χ3n) is 3.74. The summed E-state index contributed by atoms with van der Waals surface area (Å²) in [6.07, 6.45) is 0.607. The number of carbonyl (C=O) groups excluding carboxylic acids is 2. The molecular formula is C17H23ClN2O3. The van der Waals surface area contributed by atoms with Gasteiger partial charge in [-0.3, -0.25) is 9.59 Å². The van der Waals surface area contributed by atoms with Gasteiger partial charge in [0.15, 0.2) is 0 Å². The highest BCUT2D eigenvalue weighted by molar-refractivity contribution is 6.30. The zero-order chi connectivity index (χ0) is 16.8. The minimum Gasteiger partial charge on any atom is -0.378 e. The molecule has 2 amide bonds. The van der Waals surface area contributed by atoms with Crippen LogP contribution in [0.1, 0.15) is 30.6 Å². The van der Waals surface area contributed by atoms with Crippen LogP contribution in [0.2, 0.25) is 5.02 Å². The van der Waals surface area contributed by atoms with Crippen molar-refractivity contribution in [1.82, 2.24) is 10.2 Å². The molecule has 23 heavy (non-hydrogen) atoms. The van der Waals surface area contributed by atoms with Crippen molar-refractivity contribution in [2.75, 3.05) is 26.3 Å². The first-order valence-corrected chi connectivity index (χ1v) is 8.28. The van der Waals surface area contributed by atoms with Crippen molar-refractivity contribution in [3.8, 4) is 0 Å². The number of nitrogens with one attached hydrogen (secondary N) is 1. The largest absolute Gasteiger partial charge is 0.378 e. The molecule has 0 radical (unpaired) electrons. The van der Waals surface area contributed by atoms with Gasteiger partial charge in [0.05, 0.1) is 13.2 Å². The first-order valence-electron chi connectivity index (χ1n) is 7.90. The van der Waals surface area contributed by atoms with Crippen LogP contribution in [0.5, 0.6) is 0 Å². The van der Waals surface area contributed by atoms with Gasteiger partial charge in [0.25, 0.3) is 5.91 Å². The summed E-state index contributed by atoms with van der Waals surface area (Å²) in [7, 11) is 0. The summed E-state index contributed by atoms with van der Waals surface area (Å²) in [6, 6.07) is 6.12. The molecule has 126 valence electrons. The van der Waals surface area contributed by atoms with Crippen molar-refractivity contribution < 1.29 is 14.3 Å². The maximum atomic E-state index is 12.7. The molecule has 1 aromatic carbocycles. The fraction of sp³-hybridized carbons (Fsp3) is 0.529. The number of morpholine rings is 1. The Morgan fingerprint density at radius 3 is 2.39 bits per heavy atom. The van der Waals surface area contributed by atoms with Gasteiger partial charge in [0.2, 0.25) is 5.91 Å². The Morgan fingerprint density at radius 1 is 1.22 bits per heavy atom. The van der Waals surface area contributed by atoms with Crippen LogP contribution in [0.4, 0.5) is 0 Å². The lowest BCUT2D eigenvalue weighted by molar-refractivity contribution is -0.137. The van der Waals surface area contributed by atoms with Crippen molar-refractivity contribution in [2.45, 2.75) is 26.3 Å². The number of hydrogen-bond donors (Lipinski definition) is 1. The summed E-state index contributed by atoms with van der Waals surface area (Å²) in [5.41, 5.74) is 0.498. The van der Waals surface area contributed by atoms with Crippen molar-refractivity contribution in [3.63, 3.8) is 0 Å². The molecule has 1 saturated heterocycles. The molecule has 0 saturated carbocycles. The maximum absolute atomic E-state index is 12.7. The quantitative estimate of drug-likeness (QED) is 0.896. The molecule has 1 fully saturated rings. The summed E-state index contributed by atoms with van der Waals surface area (Å²) < 4.78 is 5.28. The molecule has 0 spiro atoms. The topological polar surface area (TPSA) is 58.6 Å². The summed E-state index contributed by atoms with van der Waals surface area (Å²) >= 11 is 5.84. The first-order chi connectivity index (χ1) is 11.0. The van der Waals surface area contributed by atoms with Gasteiger partial charge in [-0.15, -0.1) is 0 Å². The Bertz CT molecular complexity index is 539. The SMILES string of the molecule is CC(C)C[C@H](NC(=O)c1ccc(Cl)cc1)C(=O)N1CCOCC1. The minimum atomic E-state index is -0.517. The number of ether oxygens (including phenoxy) is 1. The van der Waals surface area contributed by atoms with E-state index in [4.69, 9.17) is 16.3 Å². The zero-order valence-corrected chi connectivity index (χ0v) is 14.3. The summed E-state index contributed by atoms with van der Waals surface area (Å²) in [5.74, 6) is 0.00810. The van der Waals surface area contributed by atoms with Gasteiger partial charge in [-0.25, -0.2) is 0 Å². The van der Waals surface area contributed by atoms with Crippen molar-refractivity contribution in [1.29, 1.82) is 0 Å². The monoisotopic (exact) mass is 338 g/mol. The van der Waals surface area contributed by atoms with Crippen LogP contribution in [0.3, 0.4) is 0 Å². The van der Waals surface area contributed by atoms with E-state index in [2.05, 4.69) is 5.32 Å². The number of halogens is 1. The van der Waals surface area contributed by atoms with Crippen LogP contribution < -0.4 is 5.32 Å². The van der Waals surface area contributed by atoms with Gasteiger partial charge in [0, 0.05) is 23.7 Å². The normalized spacial score (nSPS) is 16.3. The molecule has 1 atom stereocenters. The second kappa shape index (κ2) is 8.31. The van der Waals surface area contributed by atoms with E-state index >= 15 is 0 Å². The van der Waals surface area contributed by atoms with Crippen molar-refractivity contribution >= 4 is 23.4 Å². The highest BCUT2D eigenvalue weighted by atomic mass is 35.5. The van der Waals surface area contributed by atoms with E-state index in [1.165, 1.54) is 0 Å². The van der Waals surface area contributed by atoms with E-state index in [-0.39, 0.29) is 11.8 Å². The van der Waals surface area contributed by atoms with E-state index in [0.717, 1.165) is 0 Å². The minimum absolute atomic E-state index is 0.0377. The fourth-order valence-corrected chi connectivity index (χ4v) is 2.67. The molecule has 2 rings (SSSR count). The standard InChI is InChI=1S/C17H23ClN2O3/c1-12(2)11-15(17(22)20-7-9-23-10-8-20)19-16(21)13-3-5-14(18)6-4-13/h3-6,12,15H,7-11H2,1-2H3,(H,19,21)/t15-/m0/s1. The second-order valence-electron chi connectivity index (χ2n) is 6.10. The Hall–Kier alpha value is -1.59. The van der Waals surface area contributed by atoms with E-state index in [1.54, 1.807) is 29.2 Å². The molecule has 0 aliphatic carbocycles. The van der Waals surface area contributed by atoms with Crippen LogP contribution in [0.15, 0.2) is 24.3 Å². The average Bonchev–Trinajstić information content (AvgIpc) is 2.54. The van der Waals surface area contributed by atoms with E-state index < -0.39 is 6.04 Å². The van der Waals surface area contributed by atoms with Crippen LogP contribution in [-0.4, -0.2) is 49.1 Å². The molecule has 0 unspecified atom stereocenters. The third-order valence-corrected chi connectivity index (χ3v) is 3.99. The lowest BCUT2D eigenvalue weighted by Crippen LogP contribution is -2.52. The molecule has 5 nitrogen and oxygen atoms in total. The molecule has 0 aromatic heterocycles. The number of amides is 2. The van der Waals surface area contributed by atoms with E-state index in [9.17, 15) is 9.59 Å². The second-order valence-corrected chi connectivity index (χ2v) is 6.54. The van der Waals surface area contributed by atoms with Crippen LogP contribution in [0, 0.1) is 5.92 Å². The molecule has 1 aliphatic rings. The van der Waals surface area contributed by atoms with Gasteiger partial charge in [-0.05, 0) is 36.6 Å². The number of nitrogens with zero attached hydrogens (tertiary/aromatic N) is 1. The van der Waals surface area contributed by atoms with E-state index in [1.807, 2.05) is 13.8 Å². The lowest BCUT2D eigenvalue weighted by atomic mass is 10.0. The Labute approximate surface area is 141 Å². The molecule has 1 aliphatic heterocycles. The van der Waals surface area contributed by atoms with Gasteiger partial charge in [-0.1, -0.05) is 25.4 Å². The lowest BCUT2D eigenvalue weighted by Gasteiger charge is -2.31. The third kappa shape index (κ3) is 5.22. The van der Waals surface area contributed by atoms with Crippen LogP contribution in [0.25, 0.3) is 0 Å². The summed E-state index contributed by atoms with van der Waals surface area (Å²) in [5, 5.41) is 3.44. The molecular weight excluding hydrogens is 316 g/mol. The van der Waals surface area contributed by atoms with Crippen LogP contribution >= 0.6 is 11.6 Å². The summed E-state index contributed by atoms with van der Waals surface area (Å²) in [4.78, 5) is 26.8. The molecule has 6 heteroatoms. The van der Waals surface area contributed by atoms with Gasteiger partial charge >= 0.3 is 0 Å². The predicted molar refractivity (Wildman–Crippen MR) is 89.6 cm³/mol. The summed E-state index contributed by atoms with van der Waals surface area (Å²) in [6.45, 7) is 6.31. The molecule has 1 heterocycles. The number of rotatable bonds is 5. The Kier molecular flexibility index (Phi) is 6.42. The maximum Gasteiger partial charge on any atom is 0.251 e. The first kappa shape index (κ1) is 17.8.